The third-order valence-electron chi connectivity index (χ3n) is 5.78. The van der Waals surface area contributed by atoms with E-state index >= 15 is 0 Å². The van der Waals surface area contributed by atoms with Crippen molar-refractivity contribution in [2.24, 2.45) is 35.3 Å². The van der Waals surface area contributed by atoms with Crippen molar-refractivity contribution in [2.75, 3.05) is 0 Å². The van der Waals surface area contributed by atoms with Gasteiger partial charge in [0.05, 0.1) is 6.04 Å². The van der Waals surface area contributed by atoms with E-state index in [1.165, 1.54) is 32.1 Å². The predicted octanol–water partition coefficient (Wildman–Crippen LogP) is 1.91. The second kappa shape index (κ2) is 4.52. The summed E-state index contributed by atoms with van der Waals surface area (Å²) in [7, 11) is 0. The Morgan fingerprint density at radius 2 is 1.89 bits per heavy atom. The van der Waals surface area contributed by atoms with E-state index in [-0.39, 0.29) is 17.9 Å². The Labute approximate surface area is 110 Å². The van der Waals surface area contributed by atoms with Gasteiger partial charge < -0.3 is 11.1 Å². The van der Waals surface area contributed by atoms with E-state index in [4.69, 9.17) is 5.73 Å². The summed E-state index contributed by atoms with van der Waals surface area (Å²) < 4.78 is 0. The zero-order chi connectivity index (χ0) is 12.9. The minimum absolute atomic E-state index is 0.0668. The molecule has 3 aliphatic carbocycles. The number of carbonyl (C=O) groups is 1. The first-order chi connectivity index (χ1) is 8.58. The van der Waals surface area contributed by atoms with Crippen LogP contribution in [0.5, 0.6) is 0 Å². The summed E-state index contributed by atoms with van der Waals surface area (Å²) in [6, 6.07) is 0.0788. The molecule has 3 aliphatic rings. The van der Waals surface area contributed by atoms with E-state index < -0.39 is 0 Å². The van der Waals surface area contributed by atoms with Crippen LogP contribution >= 0.6 is 0 Å². The quantitative estimate of drug-likeness (QED) is 0.804. The van der Waals surface area contributed by atoms with Crippen molar-refractivity contribution in [2.45, 2.75) is 58.0 Å². The highest BCUT2D eigenvalue weighted by Crippen LogP contribution is 2.58. The molecule has 3 fully saturated rings. The lowest BCUT2D eigenvalue weighted by Gasteiger charge is -2.33. The van der Waals surface area contributed by atoms with Crippen LogP contribution in [-0.2, 0) is 4.79 Å². The lowest BCUT2D eigenvalue weighted by molar-refractivity contribution is -0.124. The number of rotatable bonds is 3. The van der Waals surface area contributed by atoms with Gasteiger partial charge in [0, 0.05) is 6.04 Å². The van der Waals surface area contributed by atoms with Gasteiger partial charge in [-0.1, -0.05) is 20.3 Å². The largest absolute Gasteiger partial charge is 0.352 e. The molecule has 3 heteroatoms. The molecule has 1 amide bonds. The molecule has 2 bridgehead atoms. The molecule has 0 aromatic heterocycles. The number of nitrogens with two attached hydrogens (primary N) is 1. The van der Waals surface area contributed by atoms with Crippen LogP contribution in [-0.4, -0.2) is 18.0 Å². The summed E-state index contributed by atoms with van der Waals surface area (Å²) in [5, 5.41) is 3.24. The van der Waals surface area contributed by atoms with Crippen molar-refractivity contribution in [3.05, 3.63) is 0 Å². The molecule has 0 radical (unpaired) electrons. The Hall–Kier alpha value is -0.570. The van der Waals surface area contributed by atoms with Crippen LogP contribution in [0.3, 0.4) is 0 Å². The smallest absolute Gasteiger partial charge is 0.237 e. The SMILES string of the molecule is CC(C)[C@@H](N)C(=O)NC1CC2CC1C1CCCC21. The lowest BCUT2D eigenvalue weighted by atomic mass is 9.79. The van der Waals surface area contributed by atoms with E-state index in [1.807, 2.05) is 13.8 Å². The molecule has 3 nitrogen and oxygen atoms in total. The van der Waals surface area contributed by atoms with Crippen LogP contribution < -0.4 is 11.1 Å². The van der Waals surface area contributed by atoms with E-state index in [9.17, 15) is 4.79 Å². The van der Waals surface area contributed by atoms with E-state index in [0.717, 1.165) is 23.7 Å². The molecule has 18 heavy (non-hydrogen) atoms. The maximum atomic E-state index is 12.1. The molecule has 0 spiro atoms. The van der Waals surface area contributed by atoms with Gasteiger partial charge in [-0.25, -0.2) is 0 Å². The highest BCUT2D eigenvalue weighted by atomic mass is 16.2. The van der Waals surface area contributed by atoms with Crippen molar-refractivity contribution in [3.63, 3.8) is 0 Å². The van der Waals surface area contributed by atoms with Gasteiger partial charge in [0.1, 0.15) is 0 Å². The predicted molar refractivity (Wildman–Crippen MR) is 71.8 cm³/mol. The van der Waals surface area contributed by atoms with Gasteiger partial charge in [0.15, 0.2) is 0 Å². The van der Waals surface area contributed by atoms with Crippen molar-refractivity contribution >= 4 is 5.91 Å². The van der Waals surface area contributed by atoms with Gasteiger partial charge >= 0.3 is 0 Å². The Balaban J connectivity index is 1.61. The van der Waals surface area contributed by atoms with E-state index in [2.05, 4.69) is 5.32 Å². The number of hydrogen-bond donors (Lipinski definition) is 2. The Bertz CT molecular complexity index is 341. The second-order valence-electron chi connectivity index (χ2n) is 7.04. The number of hydrogen-bond acceptors (Lipinski definition) is 2. The zero-order valence-corrected chi connectivity index (χ0v) is 11.6. The summed E-state index contributed by atoms with van der Waals surface area (Å²) in [5.74, 6) is 3.83. The number of carbonyl (C=O) groups excluding carboxylic acids is 1. The van der Waals surface area contributed by atoms with Crippen molar-refractivity contribution in [1.29, 1.82) is 0 Å². The molecule has 3 N–H and O–H groups in total. The maximum absolute atomic E-state index is 12.1. The van der Waals surface area contributed by atoms with Crippen LogP contribution in [0.25, 0.3) is 0 Å². The molecule has 3 rings (SSSR count). The number of amides is 1. The molecule has 0 aromatic rings. The van der Waals surface area contributed by atoms with Crippen molar-refractivity contribution in [1.82, 2.24) is 5.32 Å². The summed E-state index contributed by atoms with van der Waals surface area (Å²) >= 11 is 0. The fourth-order valence-electron chi connectivity index (χ4n) is 4.82. The third kappa shape index (κ3) is 1.87. The fraction of sp³-hybridized carbons (Fsp3) is 0.933. The molecule has 102 valence electrons. The van der Waals surface area contributed by atoms with Gasteiger partial charge in [-0.3, -0.25) is 4.79 Å². The maximum Gasteiger partial charge on any atom is 0.237 e. The minimum Gasteiger partial charge on any atom is -0.352 e. The van der Waals surface area contributed by atoms with Gasteiger partial charge in [-0.2, -0.15) is 0 Å². The molecule has 3 saturated carbocycles. The minimum atomic E-state index is -0.344. The standard InChI is InChI=1S/C15H26N2O/c1-8(2)14(16)15(18)17-13-7-9-6-12(13)11-5-3-4-10(9)11/h8-14H,3-7,16H2,1-2H3,(H,17,18)/t9?,10?,11?,12?,13?,14-/m1/s1. The van der Waals surface area contributed by atoms with Gasteiger partial charge in [-0.15, -0.1) is 0 Å². The van der Waals surface area contributed by atoms with E-state index in [1.54, 1.807) is 0 Å². The molecule has 6 atom stereocenters. The average molecular weight is 250 g/mol. The Morgan fingerprint density at radius 3 is 2.61 bits per heavy atom. The average Bonchev–Trinajstić information content (AvgIpc) is 2.98. The summed E-state index contributed by atoms with van der Waals surface area (Å²) in [6.07, 6.45) is 6.82. The first kappa shape index (κ1) is 12.5. The van der Waals surface area contributed by atoms with Crippen LogP contribution in [0, 0.1) is 29.6 Å². The highest BCUT2D eigenvalue weighted by molar-refractivity contribution is 5.82. The summed E-state index contributed by atoms with van der Waals surface area (Å²) in [6.45, 7) is 4.02. The van der Waals surface area contributed by atoms with Crippen LogP contribution in [0.4, 0.5) is 0 Å². The Kier molecular flexibility index (Phi) is 3.13. The first-order valence-corrected chi connectivity index (χ1v) is 7.64. The molecule has 0 aromatic carbocycles. The third-order valence-corrected chi connectivity index (χ3v) is 5.78. The number of nitrogens with one attached hydrogen (secondary N) is 1. The molecule has 0 heterocycles. The zero-order valence-electron chi connectivity index (χ0n) is 11.6. The molecule has 0 aliphatic heterocycles. The van der Waals surface area contributed by atoms with Gasteiger partial charge in [0.2, 0.25) is 5.91 Å². The van der Waals surface area contributed by atoms with Crippen LogP contribution in [0.1, 0.15) is 46.0 Å². The Morgan fingerprint density at radius 1 is 1.17 bits per heavy atom. The highest BCUT2D eigenvalue weighted by Gasteiger charge is 2.54. The van der Waals surface area contributed by atoms with Crippen molar-refractivity contribution in [3.8, 4) is 0 Å². The van der Waals surface area contributed by atoms with Gasteiger partial charge in [-0.05, 0) is 55.3 Å². The normalized spacial score (nSPS) is 43.2. The van der Waals surface area contributed by atoms with Crippen LogP contribution in [0.2, 0.25) is 0 Å². The van der Waals surface area contributed by atoms with Crippen molar-refractivity contribution < 1.29 is 4.79 Å². The molecule has 5 unspecified atom stereocenters. The summed E-state index contributed by atoms with van der Waals surface area (Å²) in [4.78, 5) is 12.1. The molecular weight excluding hydrogens is 224 g/mol. The summed E-state index contributed by atoms with van der Waals surface area (Å²) in [5.41, 5.74) is 5.93. The number of fused-ring (bicyclic) bond motifs is 5. The van der Waals surface area contributed by atoms with E-state index in [0.29, 0.717) is 6.04 Å². The topological polar surface area (TPSA) is 55.1 Å². The lowest BCUT2D eigenvalue weighted by Crippen LogP contribution is -2.50. The monoisotopic (exact) mass is 250 g/mol. The second-order valence-corrected chi connectivity index (χ2v) is 7.04. The first-order valence-electron chi connectivity index (χ1n) is 7.64. The van der Waals surface area contributed by atoms with Crippen LogP contribution in [0.15, 0.2) is 0 Å². The molecular formula is C15H26N2O. The molecule has 0 saturated heterocycles. The fourth-order valence-corrected chi connectivity index (χ4v) is 4.82. The van der Waals surface area contributed by atoms with Gasteiger partial charge in [0.25, 0.3) is 0 Å².